The summed E-state index contributed by atoms with van der Waals surface area (Å²) in [4.78, 5) is 31.9. The second kappa shape index (κ2) is 11.1. The minimum atomic E-state index is -0.702. The number of benzene rings is 2. The van der Waals surface area contributed by atoms with Gasteiger partial charge >= 0.3 is 5.97 Å². The van der Waals surface area contributed by atoms with Crippen molar-refractivity contribution in [2.24, 2.45) is 4.99 Å². The van der Waals surface area contributed by atoms with Crippen molar-refractivity contribution < 1.29 is 19.0 Å². The molecule has 1 atom stereocenters. The van der Waals surface area contributed by atoms with Crippen LogP contribution in [-0.2, 0) is 9.53 Å². The highest BCUT2D eigenvalue weighted by molar-refractivity contribution is 9.10. The number of thiazole rings is 1. The van der Waals surface area contributed by atoms with Crippen LogP contribution in [0.15, 0.2) is 80.6 Å². The number of carbonyl (C=O) groups excluding carboxylic acids is 1. The van der Waals surface area contributed by atoms with E-state index in [4.69, 9.17) is 14.2 Å². The molecular formula is C27H25BrN2O5S. The lowest BCUT2D eigenvalue weighted by atomic mass is 9.96. The molecule has 9 heteroatoms. The van der Waals surface area contributed by atoms with Crippen LogP contribution in [0.1, 0.15) is 31.0 Å². The highest BCUT2D eigenvalue weighted by Crippen LogP contribution is 2.35. The minimum absolute atomic E-state index is 0.212. The van der Waals surface area contributed by atoms with Gasteiger partial charge in [-0.25, -0.2) is 9.79 Å². The van der Waals surface area contributed by atoms with Crippen molar-refractivity contribution in [2.75, 3.05) is 20.3 Å². The zero-order valence-electron chi connectivity index (χ0n) is 20.1. The first-order chi connectivity index (χ1) is 17.4. The van der Waals surface area contributed by atoms with Crippen molar-refractivity contribution >= 4 is 39.3 Å². The average Bonchev–Trinajstić information content (AvgIpc) is 3.16. The van der Waals surface area contributed by atoms with E-state index in [1.165, 1.54) is 11.3 Å². The Morgan fingerprint density at radius 2 is 2.08 bits per heavy atom. The number of methoxy groups -OCH3 is 1. The van der Waals surface area contributed by atoms with Gasteiger partial charge in [-0.2, -0.15) is 0 Å². The maximum absolute atomic E-state index is 13.7. The van der Waals surface area contributed by atoms with Gasteiger partial charge in [-0.05, 0) is 71.2 Å². The van der Waals surface area contributed by atoms with Gasteiger partial charge in [0.1, 0.15) is 18.1 Å². The zero-order chi connectivity index (χ0) is 25.8. The van der Waals surface area contributed by atoms with Crippen LogP contribution in [0.25, 0.3) is 6.08 Å². The van der Waals surface area contributed by atoms with E-state index in [-0.39, 0.29) is 12.2 Å². The van der Waals surface area contributed by atoms with Crippen LogP contribution in [0.2, 0.25) is 0 Å². The Balaban J connectivity index is 1.90. The van der Waals surface area contributed by atoms with E-state index < -0.39 is 12.0 Å². The zero-order valence-corrected chi connectivity index (χ0v) is 22.5. The van der Waals surface area contributed by atoms with Crippen molar-refractivity contribution in [3.63, 3.8) is 0 Å². The smallest absolute Gasteiger partial charge is 0.338 e. The number of hydrogen-bond donors (Lipinski definition) is 0. The number of fused-ring (bicyclic) bond motifs is 1. The number of nitrogens with zero attached hydrogens (tertiary/aromatic N) is 2. The van der Waals surface area contributed by atoms with Gasteiger partial charge < -0.3 is 14.2 Å². The molecule has 2 heterocycles. The van der Waals surface area contributed by atoms with Crippen LogP contribution < -0.4 is 24.4 Å². The molecule has 1 aliphatic heterocycles. The van der Waals surface area contributed by atoms with Gasteiger partial charge in [-0.15, -0.1) is 0 Å². The number of esters is 1. The van der Waals surface area contributed by atoms with Gasteiger partial charge in [0.15, 0.2) is 4.80 Å². The third-order valence-electron chi connectivity index (χ3n) is 5.53. The van der Waals surface area contributed by atoms with Gasteiger partial charge in [0.2, 0.25) is 0 Å². The van der Waals surface area contributed by atoms with Crippen LogP contribution in [0.3, 0.4) is 0 Å². The summed E-state index contributed by atoms with van der Waals surface area (Å²) < 4.78 is 19.1. The van der Waals surface area contributed by atoms with Gasteiger partial charge in [0, 0.05) is 0 Å². The van der Waals surface area contributed by atoms with Gasteiger partial charge in [0.25, 0.3) is 5.56 Å². The van der Waals surface area contributed by atoms with E-state index in [1.807, 2.05) is 36.4 Å². The maximum atomic E-state index is 13.7. The Hall–Kier alpha value is -3.43. The van der Waals surface area contributed by atoms with Crippen molar-refractivity contribution in [3.8, 4) is 11.5 Å². The highest BCUT2D eigenvalue weighted by Gasteiger charge is 2.33. The molecule has 7 nitrogen and oxygen atoms in total. The predicted octanol–water partition coefficient (Wildman–Crippen LogP) is 4.13. The maximum Gasteiger partial charge on any atom is 0.338 e. The Bertz CT molecular complexity index is 1540. The van der Waals surface area contributed by atoms with Crippen LogP contribution in [0.4, 0.5) is 0 Å². The summed E-state index contributed by atoms with van der Waals surface area (Å²) in [6.45, 7) is 7.77. The molecule has 186 valence electrons. The number of hydrogen-bond acceptors (Lipinski definition) is 7. The molecule has 0 saturated carbocycles. The molecule has 0 radical (unpaired) electrons. The molecule has 36 heavy (non-hydrogen) atoms. The number of halogens is 1. The average molecular weight is 569 g/mol. The molecule has 0 spiro atoms. The van der Waals surface area contributed by atoms with Crippen molar-refractivity contribution in [1.29, 1.82) is 0 Å². The first-order valence-corrected chi connectivity index (χ1v) is 12.9. The van der Waals surface area contributed by atoms with E-state index in [0.29, 0.717) is 43.2 Å². The highest BCUT2D eigenvalue weighted by atomic mass is 79.9. The molecular weight excluding hydrogens is 544 g/mol. The summed E-state index contributed by atoms with van der Waals surface area (Å²) in [6, 6.07) is 12.2. The predicted molar refractivity (Wildman–Crippen MR) is 143 cm³/mol. The van der Waals surface area contributed by atoms with Crippen LogP contribution in [-0.4, -0.2) is 30.9 Å². The molecule has 0 N–H and O–H groups in total. The van der Waals surface area contributed by atoms with E-state index in [0.717, 1.165) is 11.1 Å². The first kappa shape index (κ1) is 25.7. The van der Waals surface area contributed by atoms with Crippen LogP contribution >= 0.6 is 27.3 Å². The molecule has 0 aliphatic carbocycles. The van der Waals surface area contributed by atoms with Crippen LogP contribution in [0.5, 0.6) is 11.5 Å². The molecule has 0 saturated heterocycles. The van der Waals surface area contributed by atoms with Gasteiger partial charge in [0.05, 0.1) is 40.0 Å². The lowest BCUT2D eigenvalue weighted by Gasteiger charge is -2.25. The fraction of sp³-hybridized carbons (Fsp3) is 0.222. The summed E-state index contributed by atoms with van der Waals surface area (Å²) in [5.74, 6) is 0.818. The van der Waals surface area contributed by atoms with E-state index in [1.54, 1.807) is 43.7 Å². The fourth-order valence-corrected chi connectivity index (χ4v) is 5.57. The molecule has 4 rings (SSSR count). The minimum Gasteiger partial charge on any atom is -0.496 e. The largest absolute Gasteiger partial charge is 0.496 e. The quantitative estimate of drug-likeness (QED) is 0.301. The standard InChI is InChI=1S/C27H25BrN2O5S/c1-5-12-35-19-9-7-8-17(13-19)14-22-25(31)30-24(18-10-11-21(33-4)20(28)15-18)23(26(32)34-6-2)16(3)29-27(30)36-22/h5,7-11,13-15,24H,1,6,12H2,2-4H3/b22-14+/t24-/m1/s1. The number of rotatable bonds is 8. The van der Waals surface area contributed by atoms with E-state index in [2.05, 4.69) is 27.5 Å². The third-order valence-corrected chi connectivity index (χ3v) is 7.13. The van der Waals surface area contributed by atoms with E-state index >= 15 is 0 Å². The number of allylic oxidation sites excluding steroid dienone is 1. The second-order valence-corrected chi connectivity index (χ2v) is 9.73. The Kier molecular flexibility index (Phi) is 7.91. The molecule has 3 aromatic rings. The lowest BCUT2D eigenvalue weighted by molar-refractivity contribution is -0.139. The summed E-state index contributed by atoms with van der Waals surface area (Å²) in [5.41, 5.74) is 2.13. The number of carbonyl (C=O) groups is 1. The molecule has 2 aromatic carbocycles. The summed E-state index contributed by atoms with van der Waals surface area (Å²) in [7, 11) is 1.58. The summed E-state index contributed by atoms with van der Waals surface area (Å²) >= 11 is 4.79. The Morgan fingerprint density at radius 1 is 1.28 bits per heavy atom. The number of aromatic nitrogens is 1. The summed E-state index contributed by atoms with van der Waals surface area (Å²) in [5, 5.41) is 0. The van der Waals surface area contributed by atoms with E-state index in [9.17, 15) is 9.59 Å². The fourth-order valence-electron chi connectivity index (χ4n) is 3.96. The van der Waals surface area contributed by atoms with Crippen LogP contribution in [0, 0.1) is 0 Å². The van der Waals surface area contributed by atoms with Gasteiger partial charge in [-0.3, -0.25) is 9.36 Å². The molecule has 0 amide bonds. The number of ether oxygens (including phenoxy) is 3. The Labute approximate surface area is 220 Å². The van der Waals surface area contributed by atoms with Gasteiger partial charge in [-0.1, -0.05) is 42.2 Å². The molecule has 0 unspecified atom stereocenters. The lowest BCUT2D eigenvalue weighted by Crippen LogP contribution is -2.39. The Morgan fingerprint density at radius 3 is 2.78 bits per heavy atom. The monoisotopic (exact) mass is 568 g/mol. The molecule has 0 bridgehead atoms. The van der Waals surface area contributed by atoms with Crippen molar-refractivity contribution in [1.82, 2.24) is 4.57 Å². The molecule has 1 aromatic heterocycles. The topological polar surface area (TPSA) is 79.1 Å². The van der Waals surface area contributed by atoms with Crippen molar-refractivity contribution in [2.45, 2.75) is 19.9 Å². The second-order valence-electron chi connectivity index (χ2n) is 7.87. The molecule has 1 aliphatic rings. The summed E-state index contributed by atoms with van der Waals surface area (Å²) in [6.07, 6.45) is 3.47. The first-order valence-electron chi connectivity index (χ1n) is 11.2. The molecule has 0 fully saturated rings. The van der Waals surface area contributed by atoms with Crippen molar-refractivity contribution in [3.05, 3.63) is 102 Å². The third kappa shape index (κ3) is 5.08. The SMILES string of the molecule is C=CCOc1cccc(/C=c2/sc3n(c2=O)[C@H](c2ccc(OC)c(Br)c2)C(C(=O)OCC)=C(C)N=3)c1. The normalized spacial score (nSPS) is 15.2.